The van der Waals surface area contributed by atoms with Gasteiger partial charge in [0.15, 0.2) is 0 Å². The Morgan fingerprint density at radius 1 is 1.45 bits per heavy atom. The van der Waals surface area contributed by atoms with E-state index in [1.165, 1.54) is 0 Å². The molecule has 1 rings (SSSR count). The smallest absolute Gasteiger partial charge is 0.398 e. The summed E-state index contributed by atoms with van der Waals surface area (Å²) in [6, 6.07) is 5.48. The molecular formula is C6H4BClI2O. The zero-order chi connectivity index (χ0) is 8.43. The lowest BCUT2D eigenvalue weighted by Gasteiger charge is -2.02. The Kier molecular flexibility index (Phi) is 3.93. The predicted octanol–water partition coefficient (Wildman–Crippen LogP) is 2.07. The molecule has 0 fully saturated rings. The number of rotatable bonds is 1. The van der Waals surface area contributed by atoms with E-state index in [2.05, 4.69) is 22.6 Å². The molecule has 0 aliphatic carbocycles. The van der Waals surface area contributed by atoms with Gasteiger partial charge in [0, 0.05) is 8.59 Å². The molecule has 0 aliphatic rings. The molecule has 11 heavy (non-hydrogen) atoms. The van der Waals surface area contributed by atoms with Crippen molar-refractivity contribution in [2.45, 2.75) is 0 Å². The van der Waals surface area contributed by atoms with Gasteiger partial charge in [0.1, 0.15) is 0 Å². The van der Waals surface area contributed by atoms with Gasteiger partial charge in [0.2, 0.25) is 0 Å². The quantitative estimate of drug-likeness (QED) is 0.573. The van der Waals surface area contributed by atoms with Gasteiger partial charge in [-0.3, -0.25) is 0 Å². The third-order valence-electron chi connectivity index (χ3n) is 1.21. The zero-order valence-electron chi connectivity index (χ0n) is 5.39. The van der Waals surface area contributed by atoms with Crippen LogP contribution in [-0.2, 0) is 0 Å². The molecule has 0 saturated heterocycles. The van der Waals surface area contributed by atoms with Gasteiger partial charge in [-0.15, -0.1) is 22.4 Å². The van der Waals surface area contributed by atoms with Gasteiger partial charge in [0.05, 0.1) is 0 Å². The SMILES string of the molecule is OB(I)c1cc(Cl)ccc1I. The number of halogens is 3. The van der Waals surface area contributed by atoms with Crippen molar-refractivity contribution in [1.82, 2.24) is 0 Å². The maximum Gasteiger partial charge on any atom is 0.398 e. The van der Waals surface area contributed by atoms with Gasteiger partial charge in [-0.05, 0) is 46.3 Å². The van der Waals surface area contributed by atoms with E-state index in [9.17, 15) is 5.02 Å². The van der Waals surface area contributed by atoms with Crippen molar-refractivity contribution >= 4 is 66.8 Å². The van der Waals surface area contributed by atoms with Crippen LogP contribution in [0, 0.1) is 3.57 Å². The van der Waals surface area contributed by atoms with Crippen molar-refractivity contribution in [2.75, 3.05) is 0 Å². The average molecular weight is 392 g/mol. The summed E-state index contributed by atoms with van der Waals surface area (Å²) in [5.74, 6) is 0. The first-order chi connectivity index (χ1) is 5.11. The first-order valence-electron chi connectivity index (χ1n) is 2.88. The molecule has 0 heterocycles. The molecule has 0 saturated carbocycles. The van der Waals surface area contributed by atoms with Gasteiger partial charge >= 0.3 is 4.77 Å². The van der Waals surface area contributed by atoms with Gasteiger partial charge in [-0.25, -0.2) is 0 Å². The van der Waals surface area contributed by atoms with Gasteiger partial charge in [-0.1, -0.05) is 11.6 Å². The van der Waals surface area contributed by atoms with E-state index in [-0.39, 0.29) is 0 Å². The molecule has 0 aromatic heterocycles. The predicted molar refractivity (Wildman–Crippen MR) is 65.8 cm³/mol. The largest absolute Gasteiger partial charge is 0.438 e. The maximum atomic E-state index is 9.25. The number of hydrogen-bond acceptors (Lipinski definition) is 1. The van der Waals surface area contributed by atoms with E-state index in [4.69, 9.17) is 11.6 Å². The fourth-order valence-corrected chi connectivity index (χ4v) is 2.62. The second-order valence-corrected chi connectivity index (χ2v) is 4.78. The van der Waals surface area contributed by atoms with E-state index in [1.54, 1.807) is 6.07 Å². The number of hydrogen-bond donors (Lipinski definition) is 1. The summed E-state index contributed by atoms with van der Waals surface area (Å²) >= 11 is 9.85. The lowest BCUT2D eigenvalue weighted by atomic mass is 9.89. The van der Waals surface area contributed by atoms with Crippen LogP contribution in [0.2, 0.25) is 5.02 Å². The van der Waals surface area contributed by atoms with Gasteiger partial charge in [-0.2, -0.15) is 0 Å². The summed E-state index contributed by atoms with van der Waals surface area (Å²) in [5, 5.41) is 9.92. The Balaban J connectivity index is 3.13. The molecule has 0 amide bonds. The van der Waals surface area contributed by atoms with Crippen molar-refractivity contribution in [1.29, 1.82) is 0 Å². The molecule has 0 bridgehead atoms. The summed E-state index contributed by atoms with van der Waals surface area (Å²) < 4.78 is 0.562. The minimum absolute atomic E-state index is 0.474. The van der Waals surface area contributed by atoms with Crippen LogP contribution in [0.3, 0.4) is 0 Å². The highest BCUT2D eigenvalue weighted by Crippen LogP contribution is 2.11. The summed E-state index contributed by atoms with van der Waals surface area (Å²) in [6.45, 7) is 0. The van der Waals surface area contributed by atoms with Crippen LogP contribution in [0.25, 0.3) is 0 Å². The maximum absolute atomic E-state index is 9.25. The second kappa shape index (κ2) is 4.29. The van der Waals surface area contributed by atoms with Crippen molar-refractivity contribution in [3.8, 4) is 0 Å². The van der Waals surface area contributed by atoms with E-state index in [0.29, 0.717) is 5.02 Å². The second-order valence-electron chi connectivity index (χ2n) is 2.00. The van der Waals surface area contributed by atoms with Crippen molar-refractivity contribution in [3.05, 3.63) is 26.8 Å². The monoisotopic (exact) mass is 392 g/mol. The van der Waals surface area contributed by atoms with Crippen LogP contribution in [0.4, 0.5) is 0 Å². The van der Waals surface area contributed by atoms with E-state index in [0.717, 1.165) is 9.03 Å². The van der Waals surface area contributed by atoms with Crippen LogP contribution in [-0.4, -0.2) is 9.80 Å². The van der Waals surface area contributed by atoms with Crippen molar-refractivity contribution in [2.24, 2.45) is 0 Å². The third-order valence-corrected chi connectivity index (χ3v) is 3.10. The average Bonchev–Trinajstić information content (AvgIpc) is 1.94. The molecular weight excluding hydrogens is 388 g/mol. The van der Waals surface area contributed by atoms with Crippen LogP contribution < -0.4 is 5.46 Å². The van der Waals surface area contributed by atoms with Crippen LogP contribution >= 0.6 is 56.6 Å². The highest BCUT2D eigenvalue weighted by atomic mass is 127. The van der Waals surface area contributed by atoms with E-state index >= 15 is 0 Å². The molecule has 58 valence electrons. The Morgan fingerprint density at radius 3 is 2.55 bits per heavy atom. The molecule has 1 aromatic carbocycles. The van der Waals surface area contributed by atoms with E-state index < -0.39 is 4.77 Å². The molecule has 5 heteroatoms. The Labute approximate surface area is 97.6 Å². The van der Waals surface area contributed by atoms with Crippen LogP contribution in [0.5, 0.6) is 0 Å². The Hall–Kier alpha value is 0.995. The fourth-order valence-electron chi connectivity index (χ4n) is 0.697. The van der Waals surface area contributed by atoms with E-state index in [1.807, 2.05) is 34.5 Å². The van der Waals surface area contributed by atoms with Crippen molar-refractivity contribution < 1.29 is 5.02 Å². The molecule has 0 atom stereocenters. The lowest BCUT2D eigenvalue weighted by molar-refractivity contribution is 0.612. The highest BCUT2D eigenvalue weighted by Gasteiger charge is 2.12. The third kappa shape index (κ3) is 2.75. The minimum atomic E-state index is -0.474. The molecule has 0 spiro atoms. The lowest BCUT2D eigenvalue weighted by Crippen LogP contribution is -2.25. The molecule has 1 aromatic rings. The standard InChI is InChI=1S/C6H4BClI2O/c8-4-1-2-6(9)5(3-4)7(10)11/h1-3,11H. The highest BCUT2D eigenvalue weighted by molar-refractivity contribution is 14.1. The van der Waals surface area contributed by atoms with Gasteiger partial charge < -0.3 is 5.02 Å². The summed E-state index contributed by atoms with van der Waals surface area (Å²) in [7, 11) is 0. The van der Waals surface area contributed by atoms with Gasteiger partial charge in [0.25, 0.3) is 0 Å². The number of benzene rings is 1. The molecule has 1 N–H and O–H groups in total. The zero-order valence-corrected chi connectivity index (χ0v) is 10.5. The topological polar surface area (TPSA) is 20.2 Å². The van der Waals surface area contributed by atoms with Crippen LogP contribution in [0.1, 0.15) is 0 Å². The van der Waals surface area contributed by atoms with Crippen LogP contribution in [0.15, 0.2) is 18.2 Å². The Morgan fingerprint density at radius 2 is 2.09 bits per heavy atom. The molecule has 0 radical (unpaired) electrons. The minimum Gasteiger partial charge on any atom is -0.438 e. The fraction of sp³-hybridized carbons (Fsp3) is 0. The normalized spacial score (nSPS) is 9.82. The first kappa shape index (κ1) is 10.1. The summed E-state index contributed by atoms with van der Waals surface area (Å²) in [6.07, 6.45) is 0. The molecule has 0 aliphatic heterocycles. The summed E-state index contributed by atoms with van der Waals surface area (Å²) in [4.78, 5) is 0. The first-order valence-corrected chi connectivity index (χ1v) is 5.58. The summed E-state index contributed by atoms with van der Waals surface area (Å²) in [5.41, 5.74) is 0.874. The Bertz CT molecular complexity index is 267. The van der Waals surface area contributed by atoms with Crippen molar-refractivity contribution in [3.63, 3.8) is 0 Å². The molecule has 1 nitrogen and oxygen atoms in total. The molecule has 0 unspecified atom stereocenters.